The Morgan fingerprint density at radius 3 is 2.33 bits per heavy atom. The zero-order valence-electron chi connectivity index (χ0n) is 6.44. The van der Waals surface area contributed by atoms with E-state index in [-0.39, 0.29) is 5.48 Å². The molecule has 0 spiro atoms. The van der Waals surface area contributed by atoms with E-state index in [1.165, 1.54) is 6.08 Å². The topological polar surface area (TPSA) is 71.6 Å². The van der Waals surface area contributed by atoms with Crippen LogP contribution in [0.25, 0.3) is 6.08 Å². The molecule has 0 unspecified atom stereocenters. The van der Waals surface area contributed by atoms with Crippen LogP contribution in [0.4, 0.5) is 0 Å². The molecule has 0 heterocycles. The molecule has 3 nitrogen and oxygen atoms in total. The Morgan fingerprint density at radius 1 is 1.25 bits per heavy atom. The van der Waals surface area contributed by atoms with Gasteiger partial charge in [-0.2, -0.15) is 0 Å². The summed E-state index contributed by atoms with van der Waals surface area (Å²) in [7, 11) is 0. The van der Waals surface area contributed by atoms with Crippen LogP contribution in [0.3, 0.4) is 0 Å². The SMILES string of the molecule is NC(=O)C=Cc1ccccc1.[O]. The number of carbonyl (C=O) groups excluding carboxylic acids is 1. The highest BCUT2D eigenvalue weighted by atomic mass is 16.1. The highest BCUT2D eigenvalue weighted by Gasteiger charge is 1.84. The molecular weight excluding hydrogens is 154 g/mol. The molecule has 0 atom stereocenters. The lowest BCUT2D eigenvalue weighted by atomic mass is 10.2. The van der Waals surface area contributed by atoms with Crippen molar-refractivity contribution in [2.75, 3.05) is 0 Å². The van der Waals surface area contributed by atoms with Gasteiger partial charge >= 0.3 is 0 Å². The fourth-order valence-electron chi connectivity index (χ4n) is 0.743. The van der Waals surface area contributed by atoms with E-state index in [0.717, 1.165) is 5.56 Å². The molecule has 2 radical (unpaired) electrons. The van der Waals surface area contributed by atoms with Crippen molar-refractivity contribution in [3.63, 3.8) is 0 Å². The molecule has 1 rings (SSSR count). The second-order valence-corrected chi connectivity index (χ2v) is 2.15. The molecule has 12 heavy (non-hydrogen) atoms. The molecule has 0 saturated carbocycles. The van der Waals surface area contributed by atoms with Crippen LogP contribution in [0, 0.1) is 0 Å². The van der Waals surface area contributed by atoms with E-state index in [9.17, 15) is 4.79 Å². The second kappa shape index (κ2) is 5.09. The number of hydrogen-bond donors (Lipinski definition) is 1. The van der Waals surface area contributed by atoms with Gasteiger partial charge in [0.1, 0.15) is 0 Å². The molecule has 0 aliphatic heterocycles. The van der Waals surface area contributed by atoms with Gasteiger partial charge in [0.25, 0.3) is 0 Å². The lowest BCUT2D eigenvalue weighted by Crippen LogP contribution is -2.04. The molecular formula is C9H9NO2. The second-order valence-electron chi connectivity index (χ2n) is 2.15. The third-order valence-electron chi connectivity index (χ3n) is 1.24. The van der Waals surface area contributed by atoms with E-state index in [0.29, 0.717) is 0 Å². The largest absolute Gasteiger partial charge is 0.366 e. The summed E-state index contributed by atoms with van der Waals surface area (Å²) < 4.78 is 0. The summed E-state index contributed by atoms with van der Waals surface area (Å²) in [4.78, 5) is 10.3. The van der Waals surface area contributed by atoms with Crippen LogP contribution in [0.15, 0.2) is 36.4 Å². The van der Waals surface area contributed by atoms with Crippen molar-refractivity contribution in [1.82, 2.24) is 0 Å². The van der Waals surface area contributed by atoms with E-state index in [1.807, 2.05) is 30.3 Å². The van der Waals surface area contributed by atoms with E-state index in [2.05, 4.69) is 0 Å². The summed E-state index contributed by atoms with van der Waals surface area (Å²) in [6, 6.07) is 9.53. The summed E-state index contributed by atoms with van der Waals surface area (Å²) in [5, 5.41) is 0. The van der Waals surface area contributed by atoms with E-state index in [1.54, 1.807) is 6.08 Å². The van der Waals surface area contributed by atoms with Crippen molar-refractivity contribution >= 4 is 12.0 Å². The van der Waals surface area contributed by atoms with Gasteiger partial charge in [-0.3, -0.25) is 4.79 Å². The van der Waals surface area contributed by atoms with E-state index in [4.69, 9.17) is 5.73 Å². The molecule has 0 aromatic heterocycles. The number of amides is 1. The van der Waals surface area contributed by atoms with Gasteiger partial charge in [0.2, 0.25) is 5.91 Å². The highest BCUT2D eigenvalue weighted by molar-refractivity contribution is 5.90. The zero-order chi connectivity index (χ0) is 8.10. The number of nitrogens with two attached hydrogens (primary N) is 1. The Labute approximate surface area is 70.8 Å². The predicted molar refractivity (Wildman–Crippen MR) is 45.4 cm³/mol. The molecule has 62 valence electrons. The fourth-order valence-corrected chi connectivity index (χ4v) is 0.743. The minimum absolute atomic E-state index is 0. The average molecular weight is 163 g/mol. The molecule has 0 saturated heterocycles. The van der Waals surface area contributed by atoms with E-state index < -0.39 is 5.91 Å². The van der Waals surface area contributed by atoms with Crippen molar-refractivity contribution < 1.29 is 10.3 Å². The van der Waals surface area contributed by atoms with Crippen LogP contribution >= 0.6 is 0 Å². The number of benzene rings is 1. The van der Waals surface area contributed by atoms with Gasteiger partial charge in [-0.1, -0.05) is 30.3 Å². The monoisotopic (exact) mass is 163 g/mol. The quantitative estimate of drug-likeness (QED) is 0.650. The van der Waals surface area contributed by atoms with Crippen LogP contribution in [0.2, 0.25) is 0 Å². The summed E-state index contributed by atoms with van der Waals surface area (Å²) in [5.74, 6) is -0.422. The van der Waals surface area contributed by atoms with Crippen LogP contribution in [-0.2, 0) is 10.3 Å². The van der Waals surface area contributed by atoms with Crippen LogP contribution in [0.5, 0.6) is 0 Å². The lowest BCUT2D eigenvalue weighted by Gasteiger charge is -1.88. The van der Waals surface area contributed by atoms with Crippen molar-refractivity contribution in [3.05, 3.63) is 42.0 Å². The molecule has 1 aromatic carbocycles. The maximum Gasteiger partial charge on any atom is 0.241 e. The van der Waals surface area contributed by atoms with Crippen LogP contribution in [0.1, 0.15) is 5.56 Å². The first-order valence-corrected chi connectivity index (χ1v) is 3.31. The molecule has 0 aliphatic rings. The van der Waals surface area contributed by atoms with Gasteiger partial charge in [0, 0.05) is 11.6 Å². The molecule has 1 aromatic rings. The van der Waals surface area contributed by atoms with Crippen molar-refractivity contribution in [1.29, 1.82) is 0 Å². The van der Waals surface area contributed by atoms with Crippen LogP contribution in [-0.4, -0.2) is 5.91 Å². The van der Waals surface area contributed by atoms with Gasteiger partial charge < -0.3 is 5.73 Å². The highest BCUT2D eigenvalue weighted by Crippen LogP contribution is 1.99. The van der Waals surface area contributed by atoms with Gasteiger partial charge in [0.15, 0.2) is 0 Å². The Morgan fingerprint density at radius 2 is 1.83 bits per heavy atom. The first-order valence-electron chi connectivity index (χ1n) is 3.31. The van der Waals surface area contributed by atoms with Gasteiger partial charge in [-0.05, 0) is 11.6 Å². The number of carbonyl (C=O) groups is 1. The number of hydrogen-bond acceptors (Lipinski definition) is 1. The summed E-state index contributed by atoms with van der Waals surface area (Å²) in [6.45, 7) is 0. The van der Waals surface area contributed by atoms with Gasteiger partial charge in [0.05, 0.1) is 0 Å². The average Bonchev–Trinajstić information content (AvgIpc) is 2.03. The summed E-state index contributed by atoms with van der Waals surface area (Å²) >= 11 is 0. The Kier molecular flexibility index (Phi) is 4.41. The maximum absolute atomic E-state index is 10.3. The molecule has 2 N–H and O–H groups in total. The number of rotatable bonds is 2. The molecule has 3 heteroatoms. The van der Waals surface area contributed by atoms with Crippen molar-refractivity contribution in [3.8, 4) is 0 Å². The third kappa shape index (κ3) is 3.53. The normalized spacial score (nSPS) is 9.33. The molecule has 0 fully saturated rings. The molecule has 0 bridgehead atoms. The van der Waals surface area contributed by atoms with Crippen molar-refractivity contribution in [2.24, 2.45) is 5.73 Å². The fraction of sp³-hybridized carbons (Fsp3) is 0. The van der Waals surface area contributed by atoms with E-state index >= 15 is 0 Å². The van der Waals surface area contributed by atoms with Gasteiger partial charge in [-0.25, -0.2) is 0 Å². The maximum atomic E-state index is 10.3. The minimum Gasteiger partial charge on any atom is -0.366 e. The first-order chi connectivity index (χ1) is 5.29. The lowest BCUT2D eigenvalue weighted by molar-refractivity contribution is -0.113. The van der Waals surface area contributed by atoms with Crippen LogP contribution < -0.4 is 5.73 Å². The summed E-state index contributed by atoms with van der Waals surface area (Å²) in [6.07, 6.45) is 3.03. The first kappa shape index (κ1) is 10.4. The van der Waals surface area contributed by atoms with Crippen molar-refractivity contribution in [2.45, 2.75) is 0 Å². The Hall–Kier alpha value is -1.61. The summed E-state index contributed by atoms with van der Waals surface area (Å²) in [5.41, 5.74) is 5.89. The Balaban J connectivity index is 0.00000121. The minimum atomic E-state index is -0.422. The molecule has 1 amide bonds. The van der Waals surface area contributed by atoms with Gasteiger partial charge in [-0.15, -0.1) is 0 Å². The number of primary amides is 1. The smallest absolute Gasteiger partial charge is 0.241 e. The molecule has 0 aliphatic carbocycles. The zero-order valence-corrected chi connectivity index (χ0v) is 6.44. The Bertz CT molecular complexity index is 267. The third-order valence-corrected chi connectivity index (χ3v) is 1.24. The predicted octanol–water partition coefficient (Wildman–Crippen LogP) is 1.07. The standard InChI is InChI=1S/C9H9NO.O/c10-9(11)7-6-8-4-2-1-3-5-8;/h1-7H,(H2,10,11);.